The van der Waals surface area contributed by atoms with Crippen LogP contribution in [0, 0.1) is 0 Å². The Morgan fingerprint density at radius 3 is 2.50 bits per heavy atom. The van der Waals surface area contributed by atoms with Gasteiger partial charge in [-0.25, -0.2) is 0 Å². The first-order chi connectivity index (χ1) is 15.5. The van der Waals surface area contributed by atoms with Crippen molar-refractivity contribution in [2.45, 2.75) is 38.0 Å². The fourth-order valence-corrected chi connectivity index (χ4v) is 4.11. The van der Waals surface area contributed by atoms with Gasteiger partial charge in [0.15, 0.2) is 11.0 Å². The highest BCUT2D eigenvalue weighted by Gasteiger charge is 2.20. The molecule has 0 spiro atoms. The lowest BCUT2D eigenvalue weighted by Gasteiger charge is -2.15. The molecule has 2 amide bonds. The fourth-order valence-electron chi connectivity index (χ4n) is 3.14. The minimum absolute atomic E-state index is 0.0535. The molecule has 168 valence electrons. The summed E-state index contributed by atoms with van der Waals surface area (Å²) in [5.41, 5.74) is 1.70. The lowest BCUT2D eigenvalue weighted by atomic mass is 10.1. The highest BCUT2D eigenvalue weighted by Crippen LogP contribution is 2.21. The van der Waals surface area contributed by atoms with Crippen LogP contribution in [0.2, 0.25) is 5.02 Å². The van der Waals surface area contributed by atoms with Gasteiger partial charge in [-0.3, -0.25) is 9.59 Å². The standard InChI is InChI=1S/C23H26ClN5O2S/c1-3-29-21(16(2)26-22(31)18-9-11-19(24)12-10-18)27-28-23(29)32-15-20(30)25-14-13-17-7-5-4-6-8-17/h4-12,16H,3,13-15H2,1-2H3,(H,25,30)(H,26,31)/t16-/m1/s1. The number of aromatic nitrogens is 3. The van der Waals surface area contributed by atoms with Gasteiger partial charge >= 0.3 is 0 Å². The predicted octanol–water partition coefficient (Wildman–Crippen LogP) is 3.89. The van der Waals surface area contributed by atoms with Crippen molar-refractivity contribution in [3.8, 4) is 0 Å². The van der Waals surface area contributed by atoms with Crippen molar-refractivity contribution in [2.24, 2.45) is 0 Å². The monoisotopic (exact) mass is 471 g/mol. The lowest BCUT2D eigenvalue weighted by molar-refractivity contribution is -0.118. The molecule has 0 aliphatic heterocycles. The van der Waals surface area contributed by atoms with Crippen LogP contribution in [-0.4, -0.2) is 38.9 Å². The van der Waals surface area contributed by atoms with Crippen molar-refractivity contribution in [1.82, 2.24) is 25.4 Å². The Bertz CT molecular complexity index is 1040. The van der Waals surface area contributed by atoms with Gasteiger partial charge in [-0.15, -0.1) is 10.2 Å². The maximum absolute atomic E-state index is 12.5. The van der Waals surface area contributed by atoms with E-state index in [-0.39, 0.29) is 23.6 Å². The van der Waals surface area contributed by atoms with Crippen LogP contribution in [0.15, 0.2) is 59.8 Å². The van der Waals surface area contributed by atoms with Crippen LogP contribution in [-0.2, 0) is 17.8 Å². The number of nitrogens with one attached hydrogen (secondary N) is 2. The van der Waals surface area contributed by atoms with Crippen molar-refractivity contribution in [3.63, 3.8) is 0 Å². The van der Waals surface area contributed by atoms with Crippen molar-refractivity contribution >= 4 is 35.2 Å². The molecule has 0 saturated carbocycles. The Labute approximate surface area is 197 Å². The average molecular weight is 472 g/mol. The smallest absolute Gasteiger partial charge is 0.251 e. The van der Waals surface area contributed by atoms with E-state index in [1.807, 2.05) is 48.7 Å². The largest absolute Gasteiger partial charge is 0.355 e. The molecule has 7 nitrogen and oxygen atoms in total. The Morgan fingerprint density at radius 1 is 1.09 bits per heavy atom. The summed E-state index contributed by atoms with van der Waals surface area (Å²) < 4.78 is 1.91. The van der Waals surface area contributed by atoms with Gasteiger partial charge in [0.05, 0.1) is 11.8 Å². The van der Waals surface area contributed by atoms with E-state index in [1.54, 1.807) is 24.3 Å². The van der Waals surface area contributed by atoms with Crippen LogP contribution in [0.4, 0.5) is 0 Å². The van der Waals surface area contributed by atoms with E-state index < -0.39 is 0 Å². The number of carbonyl (C=O) groups is 2. The molecule has 0 bridgehead atoms. The van der Waals surface area contributed by atoms with E-state index in [1.165, 1.54) is 17.3 Å². The fraction of sp³-hybridized carbons (Fsp3) is 0.304. The first-order valence-corrected chi connectivity index (χ1v) is 11.8. The van der Waals surface area contributed by atoms with E-state index in [0.29, 0.717) is 34.7 Å². The van der Waals surface area contributed by atoms with Crippen molar-refractivity contribution in [1.29, 1.82) is 0 Å². The number of halogens is 1. The Balaban J connectivity index is 1.52. The molecule has 0 unspecified atom stereocenters. The molecule has 0 radical (unpaired) electrons. The van der Waals surface area contributed by atoms with E-state index in [0.717, 1.165) is 6.42 Å². The first-order valence-electron chi connectivity index (χ1n) is 10.4. The molecule has 2 aromatic carbocycles. The van der Waals surface area contributed by atoms with Crippen LogP contribution in [0.25, 0.3) is 0 Å². The van der Waals surface area contributed by atoms with Crippen molar-refractivity contribution in [3.05, 3.63) is 76.6 Å². The number of amides is 2. The van der Waals surface area contributed by atoms with Crippen LogP contribution < -0.4 is 10.6 Å². The maximum Gasteiger partial charge on any atom is 0.251 e. The summed E-state index contributed by atoms with van der Waals surface area (Å²) in [4.78, 5) is 24.7. The Hall–Kier alpha value is -2.84. The van der Waals surface area contributed by atoms with Gasteiger partial charge in [0.25, 0.3) is 5.91 Å². The van der Waals surface area contributed by atoms with E-state index in [2.05, 4.69) is 20.8 Å². The molecular formula is C23H26ClN5O2S. The summed E-state index contributed by atoms with van der Waals surface area (Å²) in [7, 11) is 0. The third-order valence-electron chi connectivity index (χ3n) is 4.81. The summed E-state index contributed by atoms with van der Waals surface area (Å²) in [5.74, 6) is 0.620. The normalized spacial score (nSPS) is 11.7. The van der Waals surface area contributed by atoms with Crippen LogP contribution in [0.3, 0.4) is 0 Å². The Kier molecular flexibility index (Phi) is 8.70. The first kappa shape index (κ1) is 23.8. The molecule has 1 aromatic heterocycles. The number of rotatable bonds is 10. The van der Waals surface area contributed by atoms with E-state index in [4.69, 9.17) is 11.6 Å². The highest BCUT2D eigenvalue weighted by molar-refractivity contribution is 7.99. The minimum Gasteiger partial charge on any atom is -0.355 e. The number of nitrogens with zero attached hydrogens (tertiary/aromatic N) is 3. The molecule has 1 heterocycles. The summed E-state index contributed by atoms with van der Waals surface area (Å²) in [5, 5.41) is 15.6. The second-order valence-corrected chi connectivity index (χ2v) is 8.54. The van der Waals surface area contributed by atoms with Gasteiger partial charge in [0.1, 0.15) is 0 Å². The second kappa shape index (κ2) is 11.7. The maximum atomic E-state index is 12.5. The van der Waals surface area contributed by atoms with Gasteiger partial charge in [-0.2, -0.15) is 0 Å². The van der Waals surface area contributed by atoms with Crippen molar-refractivity contribution in [2.75, 3.05) is 12.3 Å². The van der Waals surface area contributed by atoms with Crippen LogP contribution in [0.5, 0.6) is 0 Å². The summed E-state index contributed by atoms with van der Waals surface area (Å²) in [6, 6.07) is 16.4. The predicted molar refractivity (Wildman–Crippen MR) is 127 cm³/mol. The van der Waals surface area contributed by atoms with Crippen LogP contribution in [0.1, 0.15) is 41.6 Å². The van der Waals surface area contributed by atoms with Gasteiger partial charge in [-0.1, -0.05) is 53.7 Å². The van der Waals surface area contributed by atoms with Gasteiger partial charge in [0.2, 0.25) is 5.91 Å². The molecule has 32 heavy (non-hydrogen) atoms. The third-order valence-corrected chi connectivity index (χ3v) is 6.03. The SMILES string of the molecule is CCn1c(SCC(=O)NCCc2ccccc2)nnc1[C@@H](C)NC(=O)c1ccc(Cl)cc1. The van der Waals surface area contributed by atoms with Gasteiger partial charge < -0.3 is 15.2 Å². The van der Waals surface area contributed by atoms with E-state index >= 15 is 0 Å². The summed E-state index contributed by atoms with van der Waals surface area (Å²) >= 11 is 7.22. The molecule has 0 fully saturated rings. The number of hydrogen-bond acceptors (Lipinski definition) is 5. The molecule has 0 aliphatic carbocycles. The zero-order valence-corrected chi connectivity index (χ0v) is 19.6. The highest BCUT2D eigenvalue weighted by atomic mass is 35.5. The van der Waals surface area contributed by atoms with E-state index in [9.17, 15) is 9.59 Å². The van der Waals surface area contributed by atoms with Gasteiger partial charge in [-0.05, 0) is 50.1 Å². The summed E-state index contributed by atoms with van der Waals surface area (Å²) in [6.45, 7) is 5.05. The average Bonchev–Trinajstić information content (AvgIpc) is 3.22. The zero-order chi connectivity index (χ0) is 22.9. The lowest BCUT2D eigenvalue weighted by Crippen LogP contribution is -2.29. The molecule has 2 N–H and O–H groups in total. The van der Waals surface area contributed by atoms with Crippen LogP contribution >= 0.6 is 23.4 Å². The number of benzene rings is 2. The molecule has 0 saturated heterocycles. The number of carbonyl (C=O) groups excluding carboxylic acids is 2. The Morgan fingerprint density at radius 2 is 1.81 bits per heavy atom. The number of thioether (sulfide) groups is 1. The molecule has 3 rings (SSSR count). The molecule has 1 atom stereocenters. The molecule has 3 aromatic rings. The second-order valence-electron chi connectivity index (χ2n) is 7.16. The zero-order valence-electron chi connectivity index (χ0n) is 18.0. The minimum atomic E-state index is -0.348. The third kappa shape index (κ3) is 6.58. The summed E-state index contributed by atoms with van der Waals surface area (Å²) in [6.07, 6.45) is 0.789. The topological polar surface area (TPSA) is 88.9 Å². The molecular weight excluding hydrogens is 446 g/mol. The quantitative estimate of drug-likeness (QED) is 0.438. The van der Waals surface area contributed by atoms with Gasteiger partial charge in [0, 0.05) is 23.7 Å². The van der Waals surface area contributed by atoms with Crippen molar-refractivity contribution < 1.29 is 9.59 Å². The molecule has 0 aliphatic rings. The molecule has 9 heteroatoms. The number of hydrogen-bond donors (Lipinski definition) is 2.